The number of para-hydroxylation sites is 1. The number of carboxylic acids is 3. The summed E-state index contributed by atoms with van der Waals surface area (Å²) in [7, 11) is 6.29. The number of aromatic hydroxyl groups is 2. The highest BCUT2D eigenvalue weighted by Crippen LogP contribution is 2.35. The molecule has 0 aliphatic carbocycles. The predicted molar refractivity (Wildman–Crippen MR) is 248 cm³/mol. The molecule has 0 fully saturated rings. The van der Waals surface area contributed by atoms with Crippen LogP contribution in [0.15, 0.2) is 90.5 Å². The van der Waals surface area contributed by atoms with Crippen molar-refractivity contribution in [1.29, 1.82) is 0 Å². The van der Waals surface area contributed by atoms with Crippen molar-refractivity contribution in [1.82, 2.24) is 0 Å². The van der Waals surface area contributed by atoms with Gasteiger partial charge in [0.05, 0.1) is 41.3 Å². The van der Waals surface area contributed by atoms with Crippen LogP contribution in [0, 0.1) is 13.8 Å². The van der Waals surface area contributed by atoms with Crippen molar-refractivity contribution in [3.05, 3.63) is 118 Å². The minimum atomic E-state index is -0.875. The lowest BCUT2D eigenvalue weighted by atomic mass is 9.81. The molecule has 0 radical (unpaired) electrons. The van der Waals surface area contributed by atoms with E-state index in [9.17, 15) is 29.4 Å². The van der Waals surface area contributed by atoms with Crippen molar-refractivity contribution in [2.75, 3.05) is 28.4 Å². The SMILES string of the molecule is CC(C)=CC(=O)O.COc1ccc(C(C)(C)CC(=O)O)cc1C.COc1ccc(C(C)(C)CC(=O)O)cc1O.COc1ccc(C(C)(C)CC=O)cc1O.COc1ccccc1C.[OH-]. The Morgan fingerprint density at radius 2 is 0.906 bits per heavy atom. The van der Waals surface area contributed by atoms with Crippen molar-refractivity contribution in [3.63, 3.8) is 0 Å². The van der Waals surface area contributed by atoms with Crippen LogP contribution < -0.4 is 18.9 Å². The average molecular weight is 894 g/mol. The standard InChI is InChI=1S/C13H18O3.C12H16O4.C12H16O3.C8H10O.C5H8O2.H2O/c1-9-7-10(5-6-11(9)16-4)13(2,3)8-12(14)15;1-12(2,7-11(14)15)8-4-5-10(16-3)9(13)6-8;1-12(2,6-7-13)9-4-5-11(15-3)10(14)8-9;1-7-5-3-4-6-8(7)9-2;1-4(2)3-5(6)7;/h5-7H,8H2,1-4H3,(H,14,15);4-6,13H,7H2,1-3H3,(H,14,15);4-5,7-8,14H,6H2,1-3H3;3-6H,1-2H3;3H,1-2H3,(H,6,7);1H2/p-1. The molecule has 0 unspecified atom stereocenters. The summed E-state index contributed by atoms with van der Waals surface area (Å²) in [4.78, 5) is 41.7. The third kappa shape index (κ3) is 21.5. The molecule has 0 atom stereocenters. The van der Waals surface area contributed by atoms with Gasteiger partial charge in [0.25, 0.3) is 0 Å². The Bertz CT molecular complexity index is 2030. The number of benzene rings is 4. The molecular formula is C50H69O14-. The van der Waals surface area contributed by atoms with Crippen LogP contribution in [0.25, 0.3) is 0 Å². The molecule has 0 aromatic heterocycles. The number of aldehydes is 1. The van der Waals surface area contributed by atoms with Gasteiger partial charge in [0, 0.05) is 23.3 Å². The summed E-state index contributed by atoms with van der Waals surface area (Å²) in [6.07, 6.45) is 2.62. The highest BCUT2D eigenvalue weighted by molar-refractivity contribution is 5.80. The number of phenols is 2. The van der Waals surface area contributed by atoms with Crippen LogP contribution in [0.3, 0.4) is 0 Å². The van der Waals surface area contributed by atoms with Gasteiger partial charge in [0.1, 0.15) is 17.8 Å². The van der Waals surface area contributed by atoms with E-state index >= 15 is 0 Å². The van der Waals surface area contributed by atoms with Gasteiger partial charge in [0.15, 0.2) is 23.0 Å². The highest BCUT2D eigenvalue weighted by atomic mass is 16.5. The molecule has 14 nitrogen and oxygen atoms in total. The van der Waals surface area contributed by atoms with Gasteiger partial charge in [-0.2, -0.15) is 0 Å². The number of aryl methyl sites for hydroxylation is 2. The monoisotopic (exact) mass is 893 g/mol. The number of rotatable bonds is 14. The van der Waals surface area contributed by atoms with E-state index in [2.05, 4.69) is 0 Å². The van der Waals surface area contributed by atoms with Crippen molar-refractivity contribution in [3.8, 4) is 34.5 Å². The number of phenolic OH excluding ortho intramolecular Hbond substituents is 2. The summed E-state index contributed by atoms with van der Waals surface area (Å²) in [5, 5.41) is 44.9. The summed E-state index contributed by atoms with van der Waals surface area (Å²) >= 11 is 0. The second-order valence-electron chi connectivity index (χ2n) is 16.7. The molecule has 0 heterocycles. The van der Waals surface area contributed by atoms with Crippen LogP contribution in [-0.2, 0) is 35.4 Å². The number of hydrogen-bond acceptors (Lipinski definition) is 11. The van der Waals surface area contributed by atoms with Gasteiger partial charge in [0.2, 0.25) is 0 Å². The predicted octanol–water partition coefficient (Wildman–Crippen LogP) is 10.0. The van der Waals surface area contributed by atoms with Gasteiger partial charge in [-0.15, -0.1) is 0 Å². The zero-order chi connectivity index (χ0) is 48.7. The lowest BCUT2D eigenvalue weighted by Gasteiger charge is -2.24. The van der Waals surface area contributed by atoms with Crippen LogP contribution in [0.4, 0.5) is 0 Å². The third-order valence-electron chi connectivity index (χ3n) is 9.60. The number of aliphatic carboxylic acids is 3. The average Bonchev–Trinajstić information content (AvgIpc) is 3.17. The Morgan fingerprint density at radius 1 is 0.547 bits per heavy atom. The molecule has 0 aliphatic rings. The number of methoxy groups -OCH3 is 4. The Kier molecular flexibility index (Phi) is 26.2. The van der Waals surface area contributed by atoms with Gasteiger partial charge in [-0.25, -0.2) is 4.79 Å². The first-order valence-corrected chi connectivity index (χ1v) is 20.0. The fraction of sp³-hybridized carbons (Fsp3) is 0.400. The molecule has 4 rings (SSSR count). The molecule has 6 N–H and O–H groups in total. The zero-order valence-electron chi connectivity index (χ0n) is 39.7. The molecule has 64 heavy (non-hydrogen) atoms. The van der Waals surface area contributed by atoms with Gasteiger partial charge >= 0.3 is 17.9 Å². The zero-order valence-corrected chi connectivity index (χ0v) is 39.7. The summed E-state index contributed by atoms with van der Waals surface area (Å²) in [6.45, 7) is 18.9. The first-order valence-electron chi connectivity index (χ1n) is 20.0. The van der Waals surface area contributed by atoms with Gasteiger partial charge < -0.3 is 54.8 Å². The summed E-state index contributed by atoms with van der Waals surface area (Å²) < 4.78 is 20.1. The molecule has 354 valence electrons. The number of carbonyl (C=O) groups excluding carboxylic acids is 1. The van der Waals surface area contributed by atoms with Crippen molar-refractivity contribution >= 4 is 24.2 Å². The van der Waals surface area contributed by atoms with E-state index in [0.717, 1.165) is 45.6 Å². The maximum Gasteiger partial charge on any atom is 0.328 e. The van der Waals surface area contributed by atoms with Crippen molar-refractivity contribution < 1.29 is 69.1 Å². The van der Waals surface area contributed by atoms with E-state index in [-0.39, 0.29) is 40.6 Å². The Hall–Kier alpha value is -6.54. The topological polar surface area (TPSA) is 236 Å². The van der Waals surface area contributed by atoms with Crippen LogP contribution in [-0.4, -0.2) is 83.6 Å². The third-order valence-corrected chi connectivity index (χ3v) is 9.60. The van der Waals surface area contributed by atoms with E-state index < -0.39 is 23.3 Å². The van der Waals surface area contributed by atoms with Gasteiger partial charge in [-0.1, -0.05) is 89.6 Å². The molecule has 0 saturated heterocycles. The highest BCUT2D eigenvalue weighted by Gasteiger charge is 2.26. The lowest BCUT2D eigenvalue weighted by molar-refractivity contribution is -0.139. The molecule has 0 aliphatic heterocycles. The normalized spacial score (nSPS) is 10.3. The van der Waals surface area contributed by atoms with Crippen LogP contribution in [0.5, 0.6) is 34.5 Å². The maximum absolute atomic E-state index is 10.8. The van der Waals surface area contributed by atoms with Crippen LogP contribution in [0.2, 0.25) is 0 Å². The molecule has 0 saturated carbocycles. The molecule has 4 aromatic rings. The molecule has 0 bridgehead atoms. The van der Waals surface area contributed by atoms with Crippen molar-refractivity contribution in [2.45, 2.75) is 105 Å². The second kappa shape index (κ2) is 28.2. The largest absolute Gasteiger partial charge is 0.870 e. The molecule has 4 aromatic carbocycles. The lowest BCUT2D eigenvalue weighted by Crippen LogP contribution is -2.21. The van der Waals surface area contributed by atoms with Gasteiger partial charge in [-0.3, -0.25) is 9.59 Å². The Morgan fingerprint density at radius 3 is 1.19 bits per heavy atom. The number of hydrogen-bond donors (Lipinski definition) is 5. The summed E-state index contributed by atoms with van der Waals surface area (Å²) in [5.74, 6) is 0.231. The fourth-order valence-corrected chi connectivity index (χ4v) is 5.84. The summed E-state index contributed by atoms with van der Waals surface area (Å²) in [5.41, 5.74) is 4.60. The number of allylic oxidation sites excluding steroid dienone is 1. The van der Waals surface area contributed by atoms with Gasteiger partial charge in [-0.05, 0) is 97.3 Å². The molecule has 0 amide bonds. The Balaban J connectivity index is 0. The number of carboxylic acid groups (broad SMARTS) is 3. The van der Waals surface area contributed by atoms with E-state index in [4.69, 9.17) is 34.3 Å². The fourth-order valence-electron chi connectivity index (χ4n) is 5.84. The molecular weight excluding hydrogens is 825 g/mol. The molecule has 14 heteroatoms. The minimum Gasteiger partial charge on any atom is -0.870 e. The van der Waals surface area contributed by atoms with E-state index in [0.29, 0.717) is 17.9 Å². The molecule has 0 spiro atoms. The second-order valence-corrected chi connectivity index (χ2v) is 16.7. The summed E-state index contributed by atoms with van der Waals surface area (Å²) in [6, 6.07) is 23.9. The van der Waals surface area contributed by atoms with E-state index in [1.807, 2.05) is 104 Å². The van der Waals surface area contributed by atoms with E-state index in [1.54, 1.807) is 58.4 Å². The first kappa shape index (κ1) is 59.6. The van der Waals surface area contributed by atoms with Crippen molar-refractivity contribution in [2.24, 2.45) is 0 Å². The van der Waals surface area contributed by atoms with E-state index in [1.165, 1.54) is 25.9 Å². The van der Waals surface area contributed by atoms with Crippen LogP contribution >= 0.6 is 0 Å². The quantitative estimate of drug-likeness (QED) is 0.0585. The maximum atomic E-state index is 10.8. The first-order chi connectivity index (χ1) is 29.2. The Labute approximate surface area is 378 Å². The number of carbonyl (C=O) groups is 4. The minimum absolute atomic E-state index is 0. The van der Waals surface area contributed by atoms with Crippen LogP contribution in [0.1, 0.15) is 102 Å². The number of ether oxygens (including phenoxy) is 4. The smallest absolute Gasteiger partial charge is 0.328 e.